The predicted octanol–water partition coefficient (Wildman–Crippen LogP) is 1.96. The molecule has 2 rings (SSSR count). The molecule has 20 heavy (non-hydrogen) atoms. The lowest BCUT2D eigenvalue weighted by atomic mass is 10.1. The Morgan fingerprint density at radius 2 is 1.75 bits per heavy atom. The average molecular weight is 272 g/mol. The van der Waals surface area contributed by atoms with Crippen molar-refractivity contribution in [2.75, 3.05) is 32.1 Å². The predicted molar refractivity (Wildman–Crippen MR) is 80.6 cm³/mol. The summed E-state index contributed by atoms with van der Waals surface area (Å²) < 4.78 is 0. The molecule has 0 N–H and O–H groups in total. The zero-order chi connectivity index (χ0) is 14.5. The molecule has 1 fully saturated rings. The van der Waals surface area contributed by atoms with Crippen LogP contribution in [0.15, 0.2) is 30.3 Å². The second-order valence-electron chi connectivity index (χ2n) is 5.18. The van der Waals surface area contributed by atoms with Gasteiger partial charge in [-0.05, 0) is 23.8 Å². The number of carbonyl (C=O) groups is 2. The van der Waals surface area contributed by atoms with E-state index in [1.54, 1.807) is 11.0 Å². The molecule has 0 saturated carbocycles. The van der Waals surface area contributed by atoms with E-state index in [1.165, 1.54) is 0 Å². The minimum absolute atomic E-state index is 0.0193. The zero-order valence-corrected chi connectivity index (χ0v) is 12.0. The Labute approximate surface area is 119 Å². The molecule has 0 aliphatic carbocycles. The van der Waals surface area contributed by atoms with E-state index < -0.39 is 0 Å². The van der Waals surface area contributed by atoms with E-state index in [0.29, 0.717) is 25.9 Å². The Morgan fingerprint density at radius 1 is 1.15 bits per heavy atom. The molecular formula is C16H20N2O2. The maximum Gasteiger partial charge on any atom is 0.246 e. The van der Waals surface area contributed by atoms with Gasteiger partial charge in [0.25, 0.3) is 0 Å². The van der Waals surface area contributed by atoms with Crippen molar-refractivity contribution in [2.45, 2.75) is 12.8 Å². The van der Waals surface area contributed by atoms with Crippen LogP contribution in [0.2, 0.25) is 0 Å². The van der Waals surface area contributed by atoms with E-state index in [2.05, 4.69) is 0 Å². The zero-order valence-electron chi connectivity index (χ0n) is 12.0. The summed E-state index contributed by atoms with van der Waals surface area (Å²) in [4.78, 5) is 26.9. The molecule has 1 aliphatic rings. The van der Waals surface area contributed by atoms with Crippen LogP contribution in [0.5, 0.6) is 0 Å². The number of Topliss-reactive ketones (excluding diaryl/α,β-unsaturated/α-hetero) is 1. The first kappa shape index (κ1) is 14.3. The third kappa shape index (κ3) is 3.70. The maximum atomic E-state index is 12.0. The van der Waals surface area contributed by atoms with Crippen molar-refractivity contribution in [1.82, 2.24) is 4.90 Å². The number of nitrogens with zero attached hydrogens (tertiary/aromatic N) is 2. The van der Waals surface area contributed by atoms with Gasteiger partial charge in [0.1, 0.15) is 5.78 Å². The second kappa shape index (κ2) is 6.37. The van der Waals surface area contributed by atoms with Crippen molar-refractivity contribution in [1.29, 1.82) is 0 Å². The highest BCUT2D eigenvalue weighted by molar-refractivity contribution is 5.93. The van der Waals surface area contributed by atoms with Crippen LogP contribution in [0.25, 0.3) is 6.08 Å². The van der Waals surface area contributed by atoms with Crippen molar-refractivity contribution in [3.05, 3.63) is 35.9 Å². The molecule has 106 valence electrons. The van der Waals surface area contributed by atoms with Crippen molar-refractivity contribution in [3.63, 3.8) is 0 Å². The molecule has 0 unspecified atom stereocenters. The molecule has 4 heteroatoms. The molecule has 1 aromatic carbocycles. The van der Waals surface area contributed by atoms with Crippen LogP contribution >= 0.6 is 0 Å². The Bertz CT molecular complexity index is 508. The smallest absolute Gasteiger partial charge is 0.246 e. The molecule has 1 aromatic rings. The highest BCUT2D eigenvalue weighted by Crippen LogP contribution is 2.13. The summed E-state index contributed by atoms with van der Waals surface area (Å²) in [7, 11) is 3.98. The van der Waals surface area contributed by atoms with Crippen molar-refractivity contribution < 1.29 is 9.59 Å². The number of anilines is 1. The summed E-state index contributed by atoms with van der Waals surface area (Å²) >= 11 is 0. The summed E-state index contributed by atoms with van der Waals surface area (Å²) in [6.07, 6.45) is 4.37. The molecule has 1 saturated heterocycles. The normalized spacial score (nSPS) is 15.7. The molecule has 0 radical (unpaired) electrons. The largest absolute Gasteiger partial charge is 0.378 e. The highest BCUT2D eigenvalue weighted by Gasteiger charge is 2.18. The Kier molecular flexibility index (Phi) is 4.56. The van der Waals surface area contributed by atoms with Gasteiger partial charge in [-0.15, -0.1) is 0 Å². The topological polar surface area (TPSA) is 40.6 Å². The fourth-order valence-corrected chi connectivity index (χ4v) is 2.13. The Morgan fingerprint density at radius 3 is 2.30 bits per heavy atom. The number of likely N-dealkylation sites (tertiary alicyclic amines) is 1. The minimum atomic E-state index is -0.0193. The summed E-state index contributed by atoms with van der Waals surface area (Å²) in [5.74, 6) is 0.228. The van der Waals surface area contributed by atoms with Gasteiger partial charge in [0.2, 0.25) is 5.91 Å². The van der Waals surface area contributed by atoms with E-state index in [0.717, 1.165) is 11.3 Å². The van der Waals surface area contributed by atoms with Gasteiger partial charge in [-0.25, -0.2) is 0 Å². The van der Waals surface area contributed by atoms with E-state index in [4.69, 9.17) is 0 Å². The third-order valence-corrected chi connectivity index (χ3v) is 3.46. The van der Waals surface area contributed by atoms with Gasteiger partial charge in [0.15, 0.2) is 0 Å². The molecule has 1 heterocycles. The molecule has 0 bridgehead atoms. The number of rotatable bonds is 3. The van der Waals surface area contributed by atoms with Crippen LogP contribution in [-0.4, -0.2) is 43.8 Å². The van der Waals surface area contributed by atoms with E-state index >= 15 is 0 Å². The van der Waals surface area contributed by atoms with Crippen LogP contribution in [-0.2, 0) is 9.59 Å². The molecule has 1 aliphatic heterocycles. The van der Waals surface area contributed by atoms with E-state index in [1.807, 2.05) is 49.3 Å². The lowest BCUT2D eigenvalue weighted by Gasteiger charge is -2.24. The van der Waals surface area contributed by atoms with Crippen LogP contribution < -0.4 is 4.90 Å². The van der Waals surface area contributed by atoms with E-state index in [-0.39, 0.29) is 11.7 Å². The first-order chi connectivity index (χ1) is 9.56. The lowest BCUT2D eigenvalue weighted by molar-refractivity contribution is -0.130. The first-order valence-corrected chi connectivity index (χ1v) is 6.82. The van der Waals surface area contributed by atoms with Gasteiger partial charge in [-0.2, -0.15) is 0 Å². The number of benzene rings is 1. The van der Waals surface area contributed by atoms with Crippen molar-refractivity contribution >= 4 is 23.5 Å². The van der Waals surface area contributed by atoms with Gasteiger partial charge in [-0.3, -0.25) is 9.59 Å². The number of ketones is 1. The van der Waals surface area contributed by atoms with Gasteiger partial charge < -0.3 is 9.80 Å². The van der Waals surface area contributed by atoms with Crippen LogP contribution in [0.3, 0.4) is 0 Å². The summed E-state index contributed by atoms with van der Waals surface area (Å²) in [6.45, 7) is 1.09. The van der Waals surface area contributed by atoms with E-state index in [9.17, 15) is 9.59 Å². The van der Waals surface area contributed by atoms with Gasteiger partial charge in [0, 0.05) is 51.8 Å². The Hall–Kier alpha value is -2.10. The lowest BCUT2D eigenvalue weighted by Crippen LogP contribution is -2.37. The monoisotopic (exact) mass is 272 g/mol. The summed E-state index contributed by atoms with van der Waals surface area (Å²) in [6, 6.07) is 8.01. The summed E-state index contributed by atoms with van der Waals surface area (Å²) in [5, 5.41) is 0. The quantitative estimate of drug-likeness (QED) is 0.790. The molecule has 0 aromatic heterocycles. The second-order valence-corrected chi connectivity index (χ2v) is 5.18. The van der Waals surface area contributed by atoms with Gasteiger partial charge in [-0.1, -0.05) is 12.1 Å². The third-order valence-electron chi connectivity index (χ3n) is 3.46. The average Bonchev–Trinajstić information content (AvgIpc) is 2.46. The van der Waals surface area contributed by atoms with Crippen LogP contribution in [0.4, 0.5) is 5.69 Å². The van der Waals surface area contributed by atoms with Crippen LogP contribution in [0, 0.1) is 0 Å². The van der Waals surface area contributed by atoms with Crippen LogP contribution in [0.1, 0.15) is 18.4 Å². The number of hydrogen-bond acceptors (Lipinski definition) is 3. The van der Waals surface area contributed by atoms with Gasteiger partial charge >= 0.3 is 0 Å². The summed E-state index contributed by atoms with van der Waals surface area (Å²) in [5.41, 5.74) is 2.13. The fraction of sp³-hybridized carbons (Fsp3) is 0.375. The SMILES string of the molecule is CN(C)c1ccc(/C=C/C(=O)N2CCC(=O)CC2)cc1. The maximum absolute atomic E-state index is 12.0. The minimum Gasteiger partial charge on any atom is -0.378 e. The van der Waals surface area contributed by atoms with Crippen molar-refractivity contribution in [3.8, 4) is 0 Å². The van der Waals surface area contributed by atoms with Crippen molar-refractivity contribution in [2.24, 2.45) is 0 Å². The molecular weight excluding hydrogens is 252 g/mol. The first-order valence-electron chi connectivity index (χ1n) is 6.82. The Balaban J connectivity index is 1.94. The highest BCUT2D eigenvalue weighted by atomic mass is 16.2. The fourth-order valence-electron chi connectivity index (χ4n) is 2.13. The number of amides is 1. The van der Waals surface area contributed by atoms with Gasteiger partial charge in [0.05, 0.1) is 0 Å². The number of hydrogen-bond donors (Lipinski definition) is 0. The molecule has 1 amide bonds. The standard InChI is InChI=1S/C16H20N2O2/c1-17(2)14-6-3-13(4-7-14)5-8-16(20)18-11-9-15(19)10-12-18/h3-8H,9-12H2,1-2H3/b8-5+. The molecule has 4 nitrogen and oxygen atoms in total. The molecule has 0 spiro atoms. The number of carbonyl (C=O) groups excluding carboxylic acids is 2. The number of piperidine rings is 1. The molecule has 0 atom stereocenters.